The largest absolute Gasteiger partial charge is 0.379 e. The molecule has 5 nitrogen and oxygen atoms in total. The number of fused-ring (bicyclic) bond motifs is 1. The molecule has 1 fully saturated rings. The third-order valence-electron chi connectivity index (χ3n) is 4.16. The Labute approximate surface area is 126 Å². The number of hydrogen-bond acceptors (Lipinski definition) is 5. The Balaban J connectivity index is 1.50. The zero-order chi connectivity index (χ0) is 14.7. The first kappa shape index (κ1) is 15.0. The van der Waals surface area contributed by atoms with E-state index >= 15 is 0 Å². The average Bonchev–Trinajstić information content (AvgIpc) is 2.77. The molecule has 116 valence electrons. The number of ether oxygens (including phenoxy) is 1. The van der Waals surface area contributed by atoms with E-state index in [2.05, 4.69) is 10.2 Å². The minimum absolute atomic E-state index is 0.0594. The van der Waals surface area contributed by atoms with Crippen LogP contribution in [0.3, 0.4) is 0 Å². The van der Waals surface area contributed by atoms with Crippen molar-refractivity contribution in [2.45, 2.75) is 17.4 Å². The zero-order valence-electron chi connectivity index (χ0n) is 12.1. The molecule has 0 saturated carbocycles. The predicted molar refractivity (Wildman–Crippen MR) is 81.1 cm³/mol. The van der Waals surface area contributed by atoms with Crippen molar-refractivity contribution < 1.29 is 13.2 Å². The summed E-state index contributed by atoms with van der Waals surface area (Å²) in [6.45, 7) is 5.52. The first-order valence-electron chi connectivity index (χ1n) is 7.52. The number of hydrogen-bond donors (Lipinski definition) is 1. The van der Waals surface area contributed by atoms with Crippen molar-refractivity contribution >= 4 is 9.84 Å². The zero-order valence-corrected chi connectivity index (χ0v) is 12.9. The van der Waals surface area contributed by atoms with Gasteiger partial charge in [0.15, 0.2) is 9.84 Å². The van der Waals surface area contributed by atoms with Crippen LogP contribution in [0, 0.1) is 0 Å². The topological polar surface area (TPSA) is 58.6 Å². The molecule has 1 atom stereocenters. The normalized spacial score (nSPS) is 24.9. The van der Waals surface area contributed by atoms with E-state index in [1.54, 1.807) is 12.1 Å². The molecule has 1 aromatic rings. The highest BCUT2D eigenvalue weighted by Gasteiger charge is 2.33. The van der Waals surface area contributed by atoms with Gasteiger partial charge in [-0.15, -0.1) is 0 Å². The van der Waals surface area contributed by atoms with Gasteiger partial charge in [-0.25, -0.2) is 8.42 Å². The van der Waals surface area contributed by atoms with Crippen molar-refractivity contribution in [1.82, 2.24) is 10.2 Å². The molecule has 6 heteroatoms. The highest BCUT2D eigenvalue weighted by molar-refractivity contribution is 7.91. The van der Waals surface area contributed by atoms with Gasteiger partial charge in [0, 0.05) is 19.1 Å². The smallest absolute Gasteiger partial charge is 0.180 e. The molecule has 0 aliphatic carbocycles. The van der Waals surface area contributed by atoms with Gasteiger partial charge in [0.05, 0.1) is 23.9 Å². The molecule has 0 bridgehead atoms. The molecule has 21 heavy (non-hydrogen) atoms. The lowest BCUT2D eigenvalue weighted by molar-refractivity contribution is 0.0374. The number of sulfone groups is 1. The van der Waals surface area contributed by atoms with Crippen LogP contribution in [0.2, 0.25) is 0 Å². The Hall–Kier alpha value is -0.950. The minimum Gasteiger partial charge on any atom is -0.379 e. The molecule has 3 rings (SSSR count). The van der Waals surface area contributed by atoms with Crippen molar-refractivity contribution in [3.05, 3.63) is 29.8 Å². The maximum absolute atomic E-state index is 12.1. The van der Waals surface area contributed by atoms with Gasteiger partial charge in [0.25, 0.3) is 0 Å². The van der Waals surface area contributed by atoms with Crippen LogP contribution in [0.5, 0.6) is 0 Å². The number of nitrogens with zero attached hydrogens (tertiary/aromatic N) is 1. The Kier molecular flexibility index (Phi) is 4.59. The van der Waals surface area contributed by atoms with Gasteiger partial charge < -0.3 is 10.1 Å². The molecule has 2 aliphatic heterocycles. The highest BCUT2D eigenvalue weighted by atomic mass is 32.2. The van der Waals surface area contributed by atoms with Crippen molar-refractivity contribution in [3.8, 4) is 0 Å². The molecule has 2 aliphatic rings. The Morgan fingerprint density at radius 2 is 2.00 bits per heavy atom. The van der Waals surface area contributed by atoms with E-state index in [0.717, 1.165) is 51.4 Å². The molecule has 1 saturated heterocycles. The first-order valence-corrected chi connectivity index (χ1v) is 9.17. The lowest BCUT2D eigenvalue weighted by Gasteiger charge is -2.26. The summed E-state index contributed by atoms with van der Waals surface area (Å²) >= 11 is 0. The SMILES string of the molecule is O=S1(=O)CC(NCCCN2CCOCC2)c2ccccc21. The van der Waals surface area contributed by atoms with Crippen LogP contribution >= 0.6 is 0 Å². The lowest BCUT2D eigenvalue weighted by Crippen LogP contribution is -2.38. The highest BCUT2D eigenvalue weighted by Crippen LogP contribution is 2.32. The van der Waals surface area contributed by atoms with Crippen LogP contribution in [0.25, 0.3) is 0 Å². The number of nitrogens with one attached hydrogen (secondary N) is 1. The van der Waals surface area contributed by atoms with Crippen LogP contribution < -0.4 is 5.32 Å². The Morgan fingerprint density at radius 3 is 2.81 bits per heavy atom. The molecule has 0 spiro atoms. The summed E-state index contributed by atoms with van der Waals surface area (Å²) in [7, 11) is -3.10. The van der Waals surface area contributed by atoms with Crippen molar-refractivity contribution in [3.63, 3.8) is 0 Å². The summed E-state index contributed by atoms with van der Waals surface area (Å²) in [6.07, 6.45) is 1.03. The number of benzene rings is 1. The van der Waals surface area contributed by atoms with Crippen LogP contribution in [0.15, 0.2) is 29.2 Å². The molecular weight excluding hydrogens is 288 g/mol. The molecule has 0 amide bonds. The summed E-state index contributed by atoms with van der Waals surface area (Å²) in [5.41, 5.74) is 0.920. The van der Waals surface area contributed by atoms with Crippen LogP contribution in [-0.4, -0.2) is 58.5 Å². The van der Waals surface area contributed by atoms with Crippen molar-refractivity contribution in [2.75, 3.05) is 45.1 Å². The third-order valence-corrected chi connectivity index (χ3v) is 5.98. The van der Waals surface area contributed by atoms with Gasteiger partial charge in [-0.1, -0.05) is 18.2 Å². The van der Waals surface area contributed by atoms with E-state index in [9.17, 15) is 8.42 Å². The molecular formula is C15H22N2O3S. The quantitative estimate of drug-likeness (QED) is 0.816. The summed E-state index contributed by atoms with van der Waals surface area (Å²) in [6, 6.07) is 7.26. The van der Waals surface area contributed by atoms with Gasteiger partial charge in [0.1, 0.15) is 0 Å². The summed E-state index contributed by atoms with van der Waals surface area (Å²) in [4.78, 5) is 2.89. The van der Waals surface area contributed by atoms with Crippen LogP contribution in [-0.2, 0) is 14.6 Å². The summed E-state index contributed by atoms with van der Waals surface area (Å²) < 4.78 is 29.5. The molecule has 1 unspecified atom stereocenters. The summed E-state index contributed by atoms with van der Waals surface area (Å²) in [5.74, 6) is 0.184. The van der Waals surface area contributed by atoms with Crippen molar-refractivity contribution in [2.24, 2.45) is 0 Å². The third kappa shape index (κ3) is 3.45. The van der Waals surface area contributed by atoms with E-state index in [1.165, 1.54) is 0 Å². The lowest BCUT2D eigenvalue weighted by atomic mass is 10.1. The predicted octanol–water partition coefficient (Wildman–Crippen LogP) is 0.827. The van der Waals surface area contributed by atoms with E-state index in [4.69, 9.17) is 4.74 Å². The van der Waals surface area contributed by atoms with Gasteiger partial charge in [-0.05, 0) is 31.1 Å². The van der Waals surface area contributed by atoms with Crippen LogP contribution in [0.1, 0.15) is 18.0 Å². The van der Waals surface area contributed by atoms with E-state index in [0.29, 0.717) is 4.90 Å². The second kappa shape index (κ2) is 6.44. The maximum atomic E-state index is 12.1. The Bertz CT molecular complexity index is 582. The van der Waals surface area contributed by atoms with E-state index < -0.39 is 9.84 Å². The van der Waals surface area contributed by atoms with Gasteiger partial charge in [-0.2, -0.15) is 0 Å². The fraction of sp³-hybridized carbons (Fsp3) is 0.600. The van der Waals surface area contributed by atoms with Crippen LogP contribution in [0.4, 0.5) is 0 Å². The first-order chi connectivity index (χ1) is 10.2. The molecule has 2 heterocycles. The second-order valence-corrected chi connectivity index (χ2v) is 7.64. The minimum atomic E-state index is -3.10. The van der Waals surface area contributed by atoms with Gasteiger partial charge in [0.2, 0.25) is 0 Å². The van der Waals surface area contributed by atoms with E-state index in [-0.39, 0.29) is 11.8 Å². The fourth-order valence-electron chi connectivity index (χ4n) is 3.02. The second-order valence-electron chi connectivity index (χ2n) is 5.63. The van der Waals surface area contributed by atoms with Crippen molar-refractivity contribution in [1.29, 1.82) is 0 Å². The van der Waals surface area contributed by atoms with Gasteiger partial charge >= 0.3 is 0 Å². The number of rotatable bonds is 5. The summed E-state index contributed by atoms with van der Waals surface area (Å²) in [5, 5.41) is 3.40. The molecule has 1 N–H and O–H groups in total. The monoisotopic (exact) mass is 310 g/mol. The number of morpholine rings is 1. The molecule has 0 aromatic heterocycles. The maximum Gasteiger partial charge on any atom is 0.180 e. The average molecular weight is 310 g/mol. The fourth-order valence-corrected chi connectivity index (χ4v) is 4.79. The standard InChI is InChI=1S/C15H22N2O3S/c18-21(19)12-14(13-4-1-2-5-15(13)21)16-6-3-7-17-8-10-20-11-9-17/h1-2,4-5,14,16H,3,6-12H2. The molecule has 1 aromatic carbocycles. The Morgan fingerprint density at radius 1 is 1.24 bits per heavy atom. The van der Waals surface area contributed by atoms with E-state index in [1.807, 2.05) is 12.1 Å². The van der Waals surface area contributed by atoms with Gasteiger partial charge in [-0.3, -0.25) is 4.90 Å². The molecule has 0 radical (unpaired) electrons.